The van der Waals surface area contributed by atoms with E-state index >= 15 is 0 Å². The third-order valence-electron chi connectivity index (χ3n) is 5.89. The molecule has 0 aromatic heterocycles. The van der Waals surface area contributed by atoms with Crippen LogP contribution in [0.3, 0.4) is 0 Å². The molecular formula is C18H19BrN2O2. The zero-order valence-corrected chi connectivity index (χ0v) is 14.3. The molecule has 4 aliphatic rings. The maximum atomic E-state index is 12.7. The maximum absolute atomic E-state index is 12.7. The molecule has 1 aromatic rings. The predicted octanol–water partition coefficient (Wildman–Crippen LogP) is 2.99. The second-order valence-corrected chi connectivity index (χ2v) is 8.41. The summed E-state index contributed by atoms with van der Waals surface area (Å²) in [5, 5.41) is 23.0. The largest absolute Gasteiger partial charge is 0.390 e. The lowest BCUT2D eigenvalue weighted by atomic mass is 9.52. The number of nitrogens with one attached hydrogen (secondary N) is 1. The number of nitrogens with zero attached hydrogens (tertiary/aromatic N) is 1. The number of amides is 1. The summed E-state index contributed by atoms with van der Waals surface area (Å²) in [7, 11) is 0. The number of rotatable bonds is 2. The highest BCUT2D eigenvalue weighted by Gasteiger charge is 2.55. The van der Waals surface area contributed by atoms with E-state index in [4.69, 9.17) is 0 Å². The van der Waals surface area contributed by atoms with Gasteiger partial charge in [-0.15, -0.1) is 0 Å². The number of hydrogen-bond acceptors (Lipinski definition) is 3. The van der Waals surface area contributed by atoms with E-state index in [1.807, 2.05) is 0 Å². The minimum atomic E-state index is -0.493. The van der Waals surface area contributed by atoms with Crippen LogP contribution in [0.4, 0.5) is 0 Å². The Bertz CT molecular complexity index is 695. The van der Waals surface area contributed by atoms with Crippen molar-refractivity contribution in [3.8, 4) is 6.07 Å². The summed E-state index contributed by atoms with van der Waals surface area (Å²) in [5.41, 5.74) is 0.329. The van der Waals surface area contributed by atoms with Gasteiger partial charge in [0.15, 0.2) is 0 Å². The summed E-state index contributed by atoms with van der Waals surface area (Å²) < 4.78 is 0.794. The molecule has 0 heterocycles. The highest BCUT2D eigenvalue weighted by atomic mass is 79.9. The molecule has 5 heteroatoms. The Hall–Kier alpha value is -1.38. The van der Waals surface area contributed by atoms with Crippen molar-refractivity contribution >= 4 is 21.8 Å². The number of benzene rings is 1. The van der Waals surface area contributed by atoms with Crippen molar-refractivity contribution in [2.45, 2.75) is 43.7 Å². The van der Waals surface area contributed by atoms with Gasteiger partial charge in [-0.05, 0) is 68.1 Å². The second kappa shape index (κ2) is 5.32. The predicted molar refractivity (Wildman–Crippen MR) is 88.6 cm³/mol. The third kappa shape index (κ3) is 2.58. The average Bonchev–Trinajstić information content (AvgIpc) is 2.48. The number of nitriles is 1. The minimum absolute atomic E-state index is 0.134. The zero-order chi connectivity index (χ0) is 16.2. The molecule has 2 unspecified atom stereocenters. The minimum Gasteiger partial charge on any atom is -0.390 e. The lowest BCUT2D eigenvalue weighted by molar-refractivity contribution is -0.136. The standard InChI is InChI=1S/C18H19BrN2O2/c19-14-1-2-15(13(5-14)9-20)17(22)21-16-11-3-10-4-12(16)8-18(23,6-10)7-11/h1-2,5,10-12,16,23H,3-4,6-8H2,(H,21,22)/t10?,11?,12?,16-,18-. The third-order valence-corrected chi connectivity index (χ3v) is 6.38. The van der Waals surface area contributed by atoms with Gasteiger partial charge in [0, 0.05) is 10.5 Å². The van der Waals surface area contributed by atoms with Crippen LogP contribution in [0.2, 0.25) is 0 Å². The Kier molecular flexibility index (Phi) is 3.51. The van der Waals surface area contributed by atoms with Gasteiger partial charge in [0.2, 0.25) is 0 Å². The molecule has 1 aromatic carbocycles. The molecule has 120 valence electrons. The van der Waals surface area contributed by atoms with Gasteiger partial charge < -0.3 is 10.4 Å². The molecule has 4 saturated carbocycles. The van der Waals surface area contributed by atoms with E-state index in [9.17, 15) is 15.2 Å². The Morgan fingerprint density at radius 3 is 2.61 bits per heavy atom. The van der Waals surface area contributed by atoms with E-state index in [2.05, 4.69) is 27.3 Å². The van der Waals surface area contributed by atoms with Crippen molar-refractivity contribution < 1.29 is 9.90 Å². The van der Waals surface area contributed by atoms with E-state index in [1.165, 1.54) is 0 Å². The van der Waals surface area contributed by atoms with Gasteiger partial charge in [0.05, 0.1) is 22.8 Å². The van der Waals surface area contributed by atoms with Gasteiger partial charge >= 0.3 is 0 Å². The molecule has 1 amide bonds. The lowest BCUT2D eigenvalue weighted by Crippen LogP contribution is -2.61. The topological polar surface area (TPSA) is 73.1 Å². The molecule has 2 N–H and O–H groups in total. The summed E-state index contributed by atoms with van der Waals surface area (Å²) in [4.78, 5) is 12.7. The van der Waals surface area contributed by atoms with Crippen LogP contribution < -0.4 is 5.32 Å². The van der Waals surface area contributed by atoms with Crippen LogP contribution in [-0.2, 0) is 0 Å². The quantitative estimate of drug-likeness (QED) is 0.835. The molecule has 4 aliphatic carbocycles. The fourth-order valence-electron chi connectivity index (χ4n) is 5.25. The summed E-state index contributed by atoms with van der Waals surface area (Å²) in [5.74, 6) is 1.19. The van der Waals surface area contributed by atoms with Crippen molar-refractivity contribution in [2.75, 3.05) is 0 Å². The first-order valence-electron chi connectivity index (χ1n) is 8.20. The Balaban J connectivity index is 1.55. The fourth-order valence-corrected chi connectivity index (χ4v) is 5.61. The van der Waals surface area contributed by atoms with Crippen LogP contribution >= 0.6 is 15.9 Å². The Morgan fingerprint density at radius 2 is 2.00 bits per heavy atom. The lowest BCUT2D eigenvalue weighted by Gasteiger charge is -2.58. The molecule has 4 bridgehead atoms. The first kappa shape index (κ1) is 15.2. The maximum Gasteiger partial charge on any atom is 0.252 e. The van der Waals surface area contributed by atoms with Gasteiger partial charge in [0.25, 0.3) is 5.91 Å². The average molecular weight is 375 g/mol. The van der Waals surface area contributed by atoms with Crippen LogP contribution in [0.5, 0.6) is 0 Å². The number of hydrogen-bond donors (Lipinski definition) is 2. The van der Waals surface area contributed by atoms with E-state index in [0.29, 0.717) is 28.9 Å². The molecule has 0 spiro atoms. The van der Waals surface area contributed by atoms with E-state index in [1.54, 1.807) is 18.2 Å². The van der Waals surface area contributed by atoms with E-state index in [0.717, 1.165) is 36.6 Å². The highest BCUT2D eigenvalue weighted by Crippen LogP contribution is 2.55. The molecule has 4 fully saturated rings. The summed E-state index contributed by atoms with van der Waals surface area (Å²) in [6.45, 7) is 0. The van der Waals surface area contributed by atoms with E-state index < -0.39 is 5.60 Å². The van der Waals surface area contributed by atoms with Crippen molar-refractivity contribution in [3.05, 3.63) is 33.8 Å². The monoisotopic (exact) mass is 374 g/mol. The van der Waals surface area contributed by atoms with Gasteiger partial charge in [0.1, 0.15) is 0 Å². The summed E-state index contributed by atoms with van der Waals surface area (Å²) >= 11 is 3.33. The number of carbonyl (C=O) groups is 1. The smallest absolute Gasteiger partial charge is 0.252 e. The Labute approximate surface area is 144 Å². The van der Waals surface area contributed by atoms with Crippen LogP contribution in [0.15, 0.2) is 22.7 Å². The number of aliphatic hydroxyl groups is 1. The van der Waals surface area contributed by atoms with Gasteiger partial charge in [-0.1, -0.05) is 15.9 Å². The zero-order valence-electron chi connectivity index (χ0n) is 12.8. The van der Waals surface area contributed by atoms with Crippen LogP contribution in [0.25, 0.3) is 0 Å². The molecule has 2 atom stereocenters. The van der Waals surface area contributed by atoms with E-state index in [-0.39, 0.29) is 11.9 Å². The molecule has 5 rings (SSSR count). The first-order chi connectivity index (χ1) is 11.0. The van der Waals surface area contributed by atoms with Gasteiger partial charge in [-0.25, -0.2) is 0 Å². The van der Waals surface area contributed by atoms with Crippen LogP contribution in [0.1, 0.15) is 48.0 Å². The SMILES string of the molecule is N#Cc1cc(Br)ccc1C(=O)N[C@H]1C2CC3CC1C[C@](O)(C3)C2. The first-order valence-corrected chi connectivity index (χ1v) is 9.00. The molecule has 0 saturated heterocycles. The van der Waals surface area contributed by atoms with Crippen molar-refractivity contribution in [1.82, 2.24) is 5.32 Å². The van der Waals surface area contributed by atoms with Gasteiger partial charge in [-0.3, -0.25) is 4.79 Å². The number of carbonyl (C=O) groups excluding carboxylic acids is 1. The van der Waals surface area contributed by atoms with Crippen LogP contribution in [-0.4, -0.2) is 22.7 Å². The van der Waals surface area contributed by atoms with Crippen LogP contribution in [0, 0.1) is 29.1 Å². The molecular weight excluding hydrogens is 356 g/mol. The molecule has 0 radical (unpaired) electrons. The van der Waals surface area contributed by atoms with Crippen molar-refractivity contribution in [1.29, 1.82) is 5.26 Å². The second-order valence-electron chi connectivity index (χ2n) is 7.50. The normalized spacial score (nSPS) is 37.4. The summed E-state index contributed by atoms with van der Waals surface area (Å²) in [6, 6.07) is 7.39. The van der Waals surface area contributed by atoms with Crippen molar-refractivity contribution in [2.24, 2.45) is 17.8 Å². The highest BCUT2D eigenvalue weighted by molar-refractivity contribution is 9.10. The summed E-state index contributed by atoms with van der Waals surface area (Å²) in [6.07, 6.45) is 4.75. The Morgan fingerprint density at radius 1 is 1.30 bits per heavy atom. The van der Waals surface area contributed by atoms with Crippen molar-refractivity contribution in [3.63, 3.8) is 0 Å². The fraction of sp³-hybridized carbons (Fsp3) is 0.556. The molecule has 0 aliphatic heterocycles. The number of halogens is 1. The molecule has 23 heavy (non-hydrogen) atoms. The molecule has 4 nitrogen and oxygen atoms in total. The van der Waals surface area contributed by atoms with Gasteiger partial charge in [-0.2, -0.15) is 5.26 Å².